The molecule has 0 saturated carbocycles. The quantitative estimate of drug-likeness (QED) is 0.153. The molecule has 2 heterocycles. The number of likely N-dealkylation sites (N-methyl/N-ethyl adjacent to an activating group) is 1. The molecule has 9 nitrogen and oxygen atoms in total. The van der Waals surface area contributed by atoms with Gasteiger partial charge in [-0.3, -0.25) is 9.69 Å². The summed E-state index contributed by atoms with van der Waals surface area (Å²) in [6.45, 7) is 0.831. The van der Waals surface area contributed by atoms with E-state index in [2.05, 4.69) is 14.9 Å². The monoisotopic (exact) mass is 597 g/mol. The van der Waals surface area contributed by atoms with Gasteiger partial charge in [0.1, 0.15) is 18.2 Å². The van der Waals surface area contributed by atoms with E-state index in [-0.39, 0.29) is 29.9 Å². The summed E-state index contributed by atoms with van der Waals surface area (Å²) in [6.07, 6.45) is -4.54. The average molecular weight is 598 g/mol. The number of halogens is 4. The van der Waals surface area contributed by atoms with Crippen LogP contribution in [0.5, 0.6) is 0 Å². The maximum Gasteiger partial charge on any atom is 0.416 e. The number of ether oxygens (including phenoxy) is 1. The summed E-state index contributed by atoms with van der Waals surface area (Å²) in [7, 11) is 5.01. The lowest BCUT2D eigenvalue weighted by Gasteiger charge is -2.19. The topological polar surface area (TPSA) is 89.3 Å². The standard InChI is InChI=1S/C30H27F4N5O4/c1-37(2)12-13-38-25-10-8-20(30(32,33)34)14-23(25)35-26(38)16-39-24-11-9-21(31)15-22(24)27(28(39)40)36-43-17-18-4-6-19(7-5-18)29(41)42-3/h4-11,14-15H,12-13,16-17H2,1-3H3/b36-27-. The summed E-state index contributed by atoms with van der Waals surface area (Å²) in [5, 5.41) is 4.02. The lowest BCUT2D eigenvalue weighted by Crippen LogP contribution is -2.31. The highest BCUT2D eigenvalue weighted by molar-refractivity contribution is 6.54. The first-order chi connectivity index (χ1) is 20.5. The van der Waals surface area contributed by atoms with Gasteiger partial charge >= 0.3 is 12.1 Å². The SMILES string of the molecule is COC(=O)c1ccc(CO/N=C2\C(=O)N(Cc3nc4cc(C(F)(F)F)ccc4n3CCN(C)C)c3ccc(F)cc32)cc1. The highest BCUT2D eigenvalue weighted by Crippen LogP contribution is 2.34. The van der Waals surface area contributed by atoms with Gasteiger partial charge in [0.15, 0.2) is 5.71 Å². The van der Waals surface area contributed by atoms with Crippen LogP contribution in [0.4, 0.5) is 23.2 Å². The van der Waals surface area contributed by atoms with Crippen LogP contribution >= 0.6 is 0 Å². The van der Waals surface area contributed by atoms with E-state index in [0.717, 1.165) is 12.1 Å². The van der Waals surface area contributed by atoms with E-state index in [9.17, 15) is 27.2 Å². The molecule has 0 spiro atoms. The Morgan fingerprint density at radius 3 is 2.47 bits per heavy atom. The molecule has 5 rings (SSSR count). The Labute approximate surface area is 243 Å². The zero-order valence-corrected chi connectivity index (χ0v) is 23.5. The largest absolute Gasteiger partial charge is 0.465 e. The summed E-state index contributed by atoms with van der Waals surface area (Å²) in [5.74, 6) is -1.30. The van der Waals surface area contributed by atoms with Crippen molar-refractivity contribution in [2.75, 3.05) is 32.6 Å². The molecule has 1 aromatic heterocycles. The van der Waals surface area contributed by atoms with Crippen LogP contribution in [0.3, 0.4) is 0 Å². The number of hydrogen-bond donors (Lipinski definition) is 0. The van der Waals surface area contributed by atoms with Crippen LogP contribution in [0.2, 0.25) is 0 Å². The molecule has 0 radical (unpaired) electrons. The predicted octanol–water partition coefficient (Wildman–Crippen LogP) is 5.01. The number of imidazole rings is 1. The number of aromatic nitrogens is 2. The first kappa shape index (κ1) is 29.7. The van der Waals surface area contributed by atoms with Gasteiger partial charge in [-0.15, -0.1) is 0 Å². The van der Waals surface area contributed by atoms with Crippen molar-refractivity contribution >= 4 is 34.3 Å². The summed E-state index contributed by atoms with van der Waals surface area (Å²) in [4.78, 5) is 38.4. The number of methoxy groups -OCH3 is 1. The van der Waals surface area contributed by atoms with Gasteiger partial charge in [0, 0.05) is 18.7 Å². The first-order valence-corrected chi connectivity index (χ1v) is 13.2. The lowest BCUT2D eigenvalue weighted by atomic mass is 10.1. The maximum atomic E-state index is 14.3. The van der Waals surface area contributed by atoms with Crippen LogP contribution in [0.15, 0.2) is 65.8 Å². The van der Waals surface area contributed by atoms with Crippen molar-refractivity contribution < 1.29 is 36.7 Å². The Bertz CT molecular complexity index is 1710. The van der Waals surface area contributed by atoms with E-state index in [1.54, 1.807) is 28.8 Å². The average Bonchev–Trinajstić information content (AvgIpc) is 3.44. The number of anilines is 1. The van der Waals surface area contributed by atoms with Crippen LogP contribution in [-0.4, -0.2) is 59.8 Å². The fourth-order valence-corrected chi connectivity index (χ4v) is 4.72. The van der Waals surface area contributed by atoms with Gasteiger partial charge < -0.3 is 19.0 Å². The third-order valence-corrected chi connectivity index (χ3v) is 6.94. The van der Waals surface area contributed by atoms with Gasteiger partial charge in [-0.2, -0.15) is 13.2 Å². The maximum absolute atomic E-state index is 14.3. The van der Waals surface area contributed by atoms with Gasteiger partial charge in [-0.05, 0) is 68.2 Å². The number of benzene rings is 3. The molecular weight excluding hydrogens is 570 g/mol. The molecule has 0 aliphatic carbocycles. The number of alkyl halides is 3. The summed E-state index contributed by atoms with van der Waals surface area (Å²) in [5.41, 5.74) is 1.27. The number of carbonyl (C=O) groups is 2. The van der Waals surface area contributed by atoms with Crippen molar-refractivity contribution in [3.63, 3.8) is 0 Å². The molecule has 0 fully saturated rings. The van der Waals surface area contributed by atoms with E-state index in [0.29, 0.717) is 41.2 Å². The minimum Gasteiger partial charge on any atom is -0.465 e. The van der Waals surface area contributed by atoms with E-state index < -0.39 is 29.4 Å². The molecule has 1 amide bonds. The zero-order valence-electron chi connectivity index (χ0n) is 23.5. The molecule has 4 aromatic rings. The molecule has 0 bridgehead atoms. The van der Waals surface area contributed by atoms with Crippen molar-refractivity contribution in [3.05, 3.63) is 94.6 Å². The number of hydrogen-bond acceptors (Lipinski definition) is 7. The molecule has 1 aliphatic heterocycles. The second-order valence-electron chi connectivity index (χ2n) is 10.1. The normalized spacial score (nSPS) is 14.2. The number of rotatable bonds is 9. The molecule has 1 aliphatic rings. The van der Waals surface area contributed by atoms with Crippen LogP contribution in [0.25, 0.3) is 11.0 Å². The van der Waals surface area contributed by atoms with E-state index >= 15 is 0 Å². The number of esters is 1. The van der Waals surface area contributed by atoms with E-state index in [1.807, 2.05) is 19.0 Å². The van der Waals surface area contributed by atoms with Crippen molar-refractivity contribution in [1.29, 1.82) is 0 Å². The van der Waals surface area contributed by atoms with Gasteiger partial charge in [-0.25, -0.2) is 14.2 Å². The van der Waals surface area contributed by atoms with Crippen LogP contribution in [0, 0.1) is 5.82 Å². The zero-order chi connectivity index (χ0) is 30.9. The molecule has 224 valence electrons. The van der Waals surface area contributed by atoms with Crippen molar-refractivity contribution in [2.45, 2.75) is 25.9 Å². The molecule has 0 saturated heterocycles. The van der Waals surface area contributed by atoms with Crippen LogP contribution in [-0.2, 0) is 40.2 Å². The minimum absolute atomic E-state index is 0.0370. The Balaban J connectivity index is 1.44. The number of carbonyl (C=O) groups excluding carboxylic acids is 2. The molecule has 13 heteroatoms. The molecule has 0 unspecified atom stereocenters. The Hall–Kier alpha value is -4.78. The fraction of sp³-hybridized carbons (Fsp3) is 0.267. The Morgan fingerprint density at radius 1 is 1.05 bits per heavy atom. The molecule has 43 heavy (non-hydrogen) atoms. The molecular formula is C30H27F4N5O4. The van der Waals surface area contributed by atoms with Crippen LogP contribution in [0.1, 0.15) is 32.9 Å². The van der Waals surface area contributed by atoms with Gasteiger partial charge in [0.25, 0.3) is 5.91 Å². The highest BCUT2D eigenvalue weighted by Gasteiger charge is 2.36. The lowest BCUT2D eigenvalue weighted by molar-refractivity contribution is -0.137. The van der Waals surface area contributed by atoms with Gasteiger partial charge in [0.2, 0.25) is 0 Å². The van der Waals surface area contributed by atoms with Gasteiger partial charge in [-0.1, -0.05) is 17.3 Å². The van der Waals surface area contributed by atoms with Crippen molar-refractivity contribution in [2.24, 2.45) is 5.16 Å². The summed E-state index contributed by atoms with van der Waals surface area (Å²) in [6, 6.07) is 13.6. The molecule has 3 aromatic carbocycles. The number of nitrogens with zero attached hydrogens (tertiary/aromatic N) is 5. The number of fused-ring (bicyclic) bond motifs is 2. The second-order valence-corrected chi connectivity index (χ2v) is 10.1. The molecule has 0 atom stereocenters. The number of oxime groups is 1. The summed E-state index contributed by atoms with van der Waals surface area (Å²) < 4.78 is 60.9. The minimum atomic E-state index is -4.54. The first-order valence-electron chi connectivity index (χ1n) is 13.2. The number of amides is 1. The van der Waals surface area contributed by atoms with Crippen molar-refractivity contribution in [1.82, 2.24) is 14.5 Å². The Kier molecular flexibility index (Phi) is 8.18. The van der Waals surface area contributed by atoms with Gasteiger partial charge in [0.05, 0.1) is 41.5 Å². The van der Waals surface area contributed by atoms with E-state index in [1.165, 1.54) is 36.3 Å². The smallest absolute Gasteiger partial charge is 0.416 e. The summed E-state index contributed by atoms with van der Waals surface area (Å²) >= 11 is 0. The third kappa shape index (κ3) is 6.21. The molecule has 0 N–H and O–H groups in total. The predicted molar refractivity (Wildman–Crippen MR) is 150 cm³/mol. The highest BCUT2D eigenvalue weighted by atomic mass is 19.4. The van der Waals surface area contributed by atoms with E-state index in [4.69, 9.17) is 4.84 Å². The van der Waals surface area contributed by atoms with Crippen molar-refractivity contribution in [3.8, 4) is 0 Å². The second kappa shape index (κ2) is 11.8. The van der Waals surface area contributed by atoms with Crippen LogP contribution < -0.4 is 4.90 Å². The fourth-order valence-electron chi connectivity index (χ4n) is 4.72. The third-order valence-electron chi connectivity index (χ3n) is 6.94. The Morgan fingerprint density at radius 2 is 1.79 bits per heavy atom.